The predicted molar refractivity (Wildman–Crippen MR) is 64.1 cm³/mol. The van der Waals surface area contributed by atoms with Gasteiger partial charge >= 0.3 is 6.03 Å². The molecule has 2 amide bonds. The van der Waals surface area contributed by atoms with Crippen LogP contribution in [-0.4, -0.2) is 30.6 Å². The van der Waals surface area contributed by atoms with Crippen molar-refractivity contribution < 1.29 is 4.79 Å². The molecule has 15 heavy (non-hydrogen) atoms. The van der Waals surface area contributed by atoms with Gasteiger partial charge in [-0.25, -0.2) is 4.79 Å². The van der Waals surface area contributed by atoms with Gasteiger partial charge in [0.1, 0.15) is 0 Å². The highest BCUT2D eigenvalue weighted by Crippen LogP contribution is 2.25. The lowest BCUT2D eigenvalue weighted by atomic mass is 10.2. The number of rotatable bonds is 1. The van der Waals surface area contributed by atoms with Crippen molar-refractivity contribution in [2.45, 2.75) is 13.0 Å². The van der Waals surface area contributed by atoms with Gasteiger partial charge in [-0.1, -0.05) is 15.9 Å². The molecule has 3 nitrogen and oxygen atoms in total. The second kappa shape index (κ2) is 3.85. The molecule has 1 aromatic carbocycles. The number of halogens is 1. The zero-order valence-electron chi connectivity index (χ0n) is 8.77. The second-order valence-corrected chi connectivity index (χ2v) is 4.77. The van der Waals surface area contributed by atoms with E-state index >= 15 is 0 Å². The van der Waals surface area contributed by atoms with Crippen molar-refractivity contribution in [1.29, 1.82) is 0 Å². The van der Waals surface area contributed by atoms with Crippen LogP contribution < -0.4 is 4.90 Å². The molecule has 1 atom stereocenters. The Morgan fingerprint density at radius 3 is 2.40 bits per heavy atom. The van der Waals surface area contributed by atoms with Crippen LogP contribution in [0.3, 0.4) is 0 Å². The van der Waals surface area contributed by atoms with Gasteiger partial charge in [-0.2, -0.15) is 0 Å². The molecule has 1 aliphatic heterocycles. The molecular formula is C11H13BrN2O. The van der Waals surface area contributed by atoms with Crippen LogP contribution in [0.1, 0.15) is 6.92 Å². The van der Waals surface area contributed by atoms with Crippen molar-refractivity contribution in [2.75, 3.05) is 18.5 Å². The maximum atomic E-state index is 11.8. The molecule has 0 bridgehead atoms. The number of likely N-dealkylation sites (N-methyl/N-ethyl adjacent to an activating group) is 1. The zero-order valence-corrected chi connectivity index (χ0v) is 10.4. The topological polar surface area (TPSA) is 23.6 Å². The van der Waals surface area contributed by atoms with Crippen LogP contribution >= 0.6 is 15.9 Å². The molecule has 4 heteroatoms. The summed E-state index contributed by atoms with van der Waals surface area (Å²) in [7, 11) is 1.83. The predicted octanol–water partition coefficient (Wildman–Crippen LogP) is 2.71. The highest BCUT2D eigenvalue weighted by atomic mass is 79.9. The molecule has 1 saturated heterocycles. The molecule has 1 aliphatic rings. The SMILES string of the molecule is C[C@@H]1CN(C)C(=O)N1c1ccc(Br)cc1. The van der Waals surface area contributed by atoms with Gasteiger partial charge in [-0.05, 0) is 31.2 Å². The second-order valence-electron chi connectivity index (χ2n) is 3.86. The number of hydrogen-bond acceptors (Lipinski definition) is 1. The lowest BCUT2D eigenvalue weighted by Crippen LogP contribution is -2.32. The van der Waals surface area contributed by atoms with Gasteiger partial charge in [0.05, 0.1) is 6.04 Å². The van der Waals surface area contributed by atoms with Crippen molar-refractivity contribution in [3.63, 3.8) is 0 Å². The van der Waals surface area contributed by atoms with Crippen molar-refractivity contribution in [3.05, 3.63) is 28.7 Å². The summed E-state index contributed by atoms with van der Waals surface area (Å²) in [5.74, 6) is 0. The minimum absolute atomic E-state index is 0.0739. The molecule has 0 aliphatic carbocycles. The molecule has 0 spiro atoms. The van der Waals surface area contributed by atoms with Crippen molar-refractivity contribution >= 4 is 27.6 Å². The molecule has 1 fully saturated rings. The van der Waals surface area contributed by atoms with Crippen LogP contribution in [0.25, 0.3) is 0 Å². The van der Waals surface area contributed by atoms with Gasteiger partial charge in [-0.3, -0.25) is 4.90 Å². The average Bonchev–Trinajstić information content (AvgIpc) is 2.44. The van der Waals surface area contributed by atoms with E-state index in [1.807, 2.05) is 36.2 Å². The summed E-state index contributed by atoms with van der Waals surface area (Å²) in [6.45, 7) is 2.85. The number of carbonyl (C=O) groups excluding carboxylic acids is 1. The van der Waals surface area contributed by atoms with Gasteiger partial charge in [0, 0.05) is 23.8 Å². The summed E-state index contributed by atoms with van der Waals surface area (Å²) in [6.07, 6.45) is 0. The summed E-state index contributed by atoms with van der Waals surface area (Å²) < 4.78 is 1.03. The number of anilines is 1. The molecule has 0 unspecified atom stereocenters. The number of amides is 2. The molecule has 0 radical (unpaired) electrons. The normalized spacial score (nSPS) is 21.3. The van der Waals surface area contributed by atoms with Crippen LogP contribution in [0.5, 0.6) is 0 Å². The lowest BCUT2D eigenvalue weighted by molar-refractivity contribution is 0.229. The van der Waals surface area contributed by atoms with Gasteiger partial charge in [0.2, 0.25) is 0 Å². The molecule has 1 aromatic rings. The fourth-order valence-electron chi connectivity index (χ4n) is 1.90. The summed E-state index contributed by atoms with van der Waals surface area (Å²) in [5, 5.41) is 0. The third kappa shape index (κ3) is 1.86. The molecule has 80 valence electrons. The molecule has 0 N–H and O–H groups in total. The van der Waals surface area contributed by atoms with Crippen LogP contribution in [0, 0.1) is 0 Å². The quantitative estimate of drug-likeness (QED) is 0.769. The average molecular weight is 269 g/mol. The van der Waals surface area contributed by atoms with E-state index < -0.39 is 0 Å². The van der Waals surface area contributed by atoms with Gasteiger partial charge in [-0.15, -0.1) is 0 Å². The van der Waals surface area contributed by atoms with E-state index in [-0.39, 0.29) is 12.1 Å². The van der Waals surface area contributed by atoms with E-state index in [4.69, 9.17) is 0 Å². The Morgan fingerprint density at radius 2 is 1.93 bits per heavy atom. The standard InChI is InChI=1S/C11H13BrN2O/c1-8-7-13(2)11(15)14(8)10-5-3-9(12)4-6-10/h3-6,8H,7H2,1-2H3/t8-/m1/s1. The van der Waals surface area contributed by atoms with Crippen LogP contribution in [-0.2, 0) is 0 Å². The summed E-state index contributed by atoms with van der Waals surface area (Å²) in [4.78, 5) is 15.4. The first kappa shape index (κ1) is 10.5. The Hall–Kier alpha value is -1.03. The third-order valence-corrected chi connectivity index (χ3v) is 3.14. The fourth-order valence-corrected chi connectivity index (χ4v) is 2.16. The van der Waals surface area contributed by atoms with E-state index in [1.165, 1.54) is 0 Å². The Kier molecular flexibility index (Phi) is 2.69. The molecular weight excluding hydrogens is 256 g/mol. The van der Waals surface area contributed by atoms with E-state index in [1.54, 1.807) is 4.90 Å². The Labute approximate surface area is 97.8 Å². The number of benzene rings is 1. The minimum atomic E-state index is 0.0739. The van der Waals surface area contributed by atoms with E-state index in [0.717, 1.165) is 16.7 Å². The zero-order chi connectivity index (χ0) is 11.0. The van der Waals surface area contributed by atoms with Crippen LogP contribution in [0.4, 0.5) is 10.5 Å². The molecule has 0 aromatic heterocycles. The van der Waals surface area contributed by atoms with Crippen molar-refractivity contribution in [2.24, 2.45) is 0 Å². The van der Waals surface area contributed by atoms with E-state index in [2.05, 4.69) is 22.9 Å². The highest BCUT2D eigenvalue weighted by molar-refractivity contribution is 9.10. The Bertz CT molecular complexity index is 377. The van der Waals surface area contributed by atoms with Crippen LogP contribution in [0.2, 0.25) is 0 Å². The lowest BCUT2D eigenvalue weighted by Gasteiger charge is -2.20. The monoisotopic (exact) mass is 268 g/mol. The molecule has 2 rings (SSSR count). The van der Waals surface area contributed by atoms with Gasteiger partial charge in [0.15, 0.2) is 0 Å². The Morgan fingerprint density at radius 1 is 1.33 bits per heavy atom. The molecule has 0 saturated carbocycles. The first-order valence-corrected chi connectivity index (χ1v) is 5.69. The third-order valence-electron chi connectivity index (χ3n) is 2.62. The van der Waals surface area contributed by atoms with Crippen molar-refractivity contribution in [1.82, 2.24) is 4.90 Å². The number of urea groups is 1. The van der Waals surface area contributed by atoms with E-state index in [9.17, 15) is 4.79 Å². The van der Waals surface area contributed by atoms with Gasteiger partial charge < -0.3 is 4.90 Å². The summed E-state index contributed by atoms with van der Waals surface area (Å²) >= 11 is 3.38. The minimum Gasteiger partial charge on any atom is -0.325 e. The maximum Gasteiger partial charge on any atom is 0.324 e. The molecule has 1 heterocycles. The first-order valence-electron chi connectivity index (χ1n) is 4.89. The maximum absolute atomic E-state index is 11.8. The van der Waals surface area contributed by atoms with Crippen LogP contribution in [0.15, 0.2) is 28.7 Å². The van der Waals surface area contributed by atoms with Crippen molar-refractivity contribution in [3.8, 4) is 0 Å². The largest absolute Gasteiger partial charge is 0.325 e. The highest BCUT2D eigenvalue weighted by Gasteiger charge is 2.32. The van der Waals surface area contributed by atoms with Gasteiger partial charge in [0.25, 0.3) is 0 Å². The smallest absolute Gasteiger partial charge is 0.324 e. The Balaban J connectivity index is 2.31. The summed E-state index contributed by atoms with van der Waals surface area (Å²) in [6, 6.07) is 8.13. The first-order chi connectivity index (χ1) is 7.09. The van der Waals surface area contributed by atoms with E-state index in [0.29, 0.717) is 0 Å². The number of carbonyl (C=O) groups is 1. The fraction of sp³-hybridized carbons (Fsp3) is 0.364. The summed E-state index contributed by atoms with van der Waals surface area (Å²) in [5.41, 5.74) is 0.958. The number of hydrogen-bond donors (Lipinski definition) is 0. The number of nitrogens with zero attached hydrogens (tertiary/aromatic N) is 2.